The Hall–Kier alpha value is -1.09. The van der Waals surface area contributed by atoms with E-state index < -0.39 is 0 Å². The van der Waals surface area contributed by atoms with Crippen molar-refractivity contribution >= 4 is 5.82 Å². The number of aromatic nitrogens is 1. The van der Waals surface area contributed by atoms with E-state index in [1.165, 1.54) is 25.7 Å². The minimum absolute atomic E-state index is 0.0942. The number of rotatable bonds is 5. The van der Waals surface area contributed by atoms with E-state index >= 15 is 0 Å². The summed E-state index contributed by atoms with van der Waals surface area (Å²) in [5, 5.41) is 9.48. The average Bonchev–Trinajstić information content (AvgIpc) is 2.54. The van der Waals surface area contributed by atoms with Gasteiger partial charge in [-0.05, 0) is 41.9 Å². The van der Waals surface area contributed by atoms with Gasteiger partial charge in [-0.15, -0.1) is 0 Å². The first kappa shape index (κ1) is 16.3. The molecule has 1 aromatic heterocycles. The predicted octanol–water partition coefficient (Wildman–Crippen LogP) is 4.10. The standard InChI is InChI=1S/C18H30N2O/c1-5-18(6-2)7-9-20(10-8-18)17-12-15(13-21)11-16(19-17)14(3)4/h11-12,14,21H,5-10,13H2,1-4H3. The summed E-state index contributed by atoms with van der Waals surface area (Å²) in [6.07, 6.45) is 5.06. The Morgan fingerprint density at radius 2 is 1.81 bits per heavy atom. The van der Waals surface area contributed by atoms with Crippen LogP contribution < -0.4 is 4.90 Å². The molecule has 0 radical (unpaired) electrons. The van der Waals surface area contributed by atoms with Crippen molar-refractivity contribution in [3.05, 3.63) is 23.4 Å². The van der Waals surface area contributed by atoms with Crippen LogP contribution in [0.15, 0.2) is 12.1 Å². The van der Waals surface area contributed by atoms with Crippen molar-refractivity contribution in [2.24, 2.45) is 5.41 Å². The molecule has 2 rings (SSSR count). The number of hydrogen-bond donors (Lipinski definition) is 1. The van der Waals surface area contributed by atoms with Crippen LogP contribution in [0.25, 0.3) is 0 Å². The topological polar surface area (TPSA) is 36.4 Å². The quantitative estimate of drug-likeness (QED) is 0.886. The van der Waals surface area contributed by atoms with Crippen LogP contribution in [0, 0.1) is 5.41 Å². The number of anilines is 1. The van der Waals surface area contributed by atoms with Crippen LogP contribution in [-0.4, -0.2) is 23.2 Å². The molecule has 1 aliphatic heterocycles. The molecule has 1 saturated heterocycles. The molecular formula is C18H30N2O. The molecule has 0 aliphatic carbocycles. The van der Waals surface area contributed by atoms with Gasteiger partial charge in [0.25, 0.3) is 0 Å². The third-order valence-corrected chi connectivity index (χ3v) is 5.31. The van der Waals surface area contributed by atoms with Crippen LogP contribution in [0.5, 0.6) is 0 Å². The maximum absolute atomic E-state index is 9.48. The number of aliphatic hydroxyl groups is 1. The summed E-state index contributed by atoms with van der Waals surface area (Å²) < 4.78 is 0. The summed E-state index contributed by atoms with van der Waals surface area (Å²) in [4.78, 5) is 7.22. The van der Waals surface area contributed by atoms with Crippen molar-refractivity contribution < 1.29 is 5.11 Å². The van der Waals surface area contributed by atoms with Crippen molar-refractivity contribution in [2.45, 2.75) is 65.9 Å². The van der Waals surface area contributed by atoms with E-state index in [0.717, 1.165) is 30.2 Å². The van der Waals surface area contributed by atoms with Gasteiger partial charge in [0.05, 0.1) is 6.61 Å². The molecule has 118 valence electrons. The van der Waals surface area contributed by atoms with Gasteiger partial charge in [0.1, 0.15) is 5.82 Å². The maximum Gasteiger partial charge on any atom is 0.129 e. The van der Waals surface area contributed by atoms with Crippen LogP contribution in [0.4, 0.5) is 5.82 Å². The second kappa shape index (κ2) is 6.78. The van der Waals surface area contributed by atoms with Gasteiger partial charge in [-0.2, -0.15) is 0 Å². The molecule has 0 atom stereocenters. The minimum atomic E-state index is 0.0942. The number of hydrogen-bond acceptors (Lipinski definition) is 3. The lowest BCUT2D eigenvalue weighted by Gasteiger charge is -2.41. The lowest BCUT2D eigenvalue weighted by atomic mass is 9.74. The number of nitrogens with zero attached hydrogens (tertiary/aromatic N) is 2. The van der Waals surface area contributed by atoms with E-state index in [1.807, 2.05) is 6.07 Å². The van der Waals surface area contributed by atoms with Crippen LogP contribution >= 0.6 is 0 Å². The molecule has 2 heterocycles. The van der Waals surface area contributed by atoms with Crippen molar-refractivity contribution in [1.29, 1.82) is 0 Å². The highest BCUT2D eigenvalue weighted by Gasteiger charge is 2.31. The van der Waals surface area contributed by atoms with Crippen molar-refractivity contribution in [3.8, 4) is 0 Å². The Labute approximate surface area is 129 Å². The molecule has 0 bridgehead atoms. The predicted molar refractivity (Wildman–Crippen MR) is 88.7 cm³/mol. The molecule has 0 spiro atoms. The highest BCUT2D eigenvalue weighted by atomic mass is 16.3. The Balaban J connectivity index is 2.18. The molecular weight excluding hydrogens is 260 g/mol. The van der Waals surface area contributed by atoms with Gasteiger partial charge < -0.3 is 10.0 Å². The van der Waals surface area contributed by atoms with Crippen LogP contribution in [0.3, 0.4) is 0 Å². The molecule has 0 saturated carbocycles. The normalized spacial score (nSPS) is 18.3. The van der Waals surface area contributed by atoms with Gasteiger partial charge >= 0.3 is 0 Å². The van der Waals surface area contributed by atoms with Crippen LogP contribution in [0.1, 0.15) is 70.6 Å². The van der Waals surface area contributed by atoms with E-state index in [9.17, 15) is 5.11 Å². The summed E-state index contributed by atoms with van der Waals surface area (Å²) in [5.41, 5.74) is 2.59. The molecule has 0 unspecified atom stereocenters. The second-order valence-electron chi connectivity index (χ2n) is 6.77. The van der Waals surface area contributed by atoms with E-state index in [2.05, 4.69) is 38.7 Å². The van der Waals surface area contributed by atoms with Crippen molar-refractivity contribution in [2.75, 3.05) is 18.0 Å². The van der Waals surface area contributed by atoms with E-state index in [-0.39, 0.29) is 6.61 Å². The Bertz CT molecular complexity index is 456. The molecule has 0 amide bonds. The highest BCUT2D eigenvalue weighted by Crippen LogP contribution is 2.39. The first-order valence-electron chi connectivity index (χ1n) is 8.40. The maximum atomic E-state index is 9.48. The fourth-order valence-corrected chi connectivity index (χ4v) is 3.31. The van der Waals surface area contributed by atoms with Gasteiger partial charge in [-0.25, -0.2) is 4.98 Å². The average molecular weight is 290 g/mol. The Morgan fingerprint density at radius 3 is 2.29 bits per heavy atom. The summed E-state index contributed by atoms with van der Waals surface area (Å²) in [6.45, 7) is 11.2. The van der Waals surface area contributed by atoms with Gasteiger partial charge in [0, 0.05) is 18.8 Å². The second-order valence-corrected chi connectivity index (χ2v) is 6.77. The van der Waals surface area contributed by atoms with Crippen LogP contribution in [0.2, 0.25) is 0 Å². The van der Waals surface area contributed by atoms with Gasteiger partial charge in [0.2, 0.25) is 0 Å². The first-order valence-corrected chi connectivity index (χ1v) is 8.40. The number of piperidine rings is 1. The molecule has 0 aromatic carbocycles. The zero-order chi connectivity index (χ0) is 15.5. The Morgan fingerprint density at radius 1 is 1.19 bits per heavy atom. The lowest BCUT2D eigenvalue weighted by molar-refractivity contribution is 0.199. The molecule has 1 aromatic rings. The van der Waals surface area contributed by atoms with Gasteiger partial charge in [-0.3, -0.25) is 0 Å². The molecule has 1 fully saturated rings. The summed E-state index contributed by atoms with van der Waals surface area (Å²) in [5.74, 6) is 1.44. The third kappa shape index (κ3) is 3.57. The smallest absolute Gasteiger partial charge is 0.129 e. The Kier molecular flexibility index (Phi) is 5.26. The minimum Gasteiger partial charge on any atom is -0.392 e. The summed E-state index contributed by atoms with van der Waals surface area (Å²) in [6, 6.07) is 4.08. The number of aliphatic hydroxyl groups excluding tert-OH is 1. The van der Waals surface area contributed by atoms with E-state index in [0.29, 0.717) is 11.3 Å². The molecule has 1 aliphatic rings. The molecule has 1 N–H and O–H groups in total. The van der Waals surface area contributed by atoms with Crippen molar-refractivity contribution in [1.82, 2.24) is 4.98 Å². The summed E-state index contributed by atoms with van der Waals surface area (Å²) in [7, 11) is 0. The van der Waals surface area contributed by atoms with Crippen molar-refractivity contribution in [3.63, 3.8) is 0 Å². The zero-order valence-corrected chi connectivity index (χ0v) is 14.0. The van der Waals surface area contributed by atoms with Gasteiger partial charge in [-0.1, -0.05) is 40.5 Å². The highest BCUT2D eigenvalue weighted by molar-refractivity contribution is 5.43. The zero-order valence-electron chi connectivity index (χ0n) is 14.0. The third-order valence-electron chi connectivity index (χ3n) is 5.31. The monoisotopic (exact) mass is 290 g/mol. The van der Waals surface area contributed by atoms with E-state index in [1.54, 1.807) is 0 Å². The molecule has 3 heteroatoms. The van der Waals surface area contributed by atoms with Crippen LogP contribution in [-0.2, 0) is 6.61 Å². The lowest BCUT2D eigenvalue weighted by Crippen LogP contribution is -2.40. The van der Waals surface area contributed by atoms with Gasteiger partial charge in [0.15, 0.2) is 0 Å². The summed E-state index contributed by atoms with van der Waals surface area (Å²) >= 11 is 0. The first-order chi connectivity index (χ1) is 10.0. The van der Waals surface area contributed by atoms with E-state index in [4.69, 9.17) is 4.98 Å². The SMILES string of the molecule is CCC1(CC)CCN(c2cc(CO)cc(C(C)C)n2)CC1. The molecule has 3 nitrogen and oxygen atoms in total. The largest absolute Gasteiger partial charge is 0.392 e. The number of pyridine rings is 1. The fourth-order valence-electron chi connectivity index (χ4n) is 3.31. The molecule has 21 heavy (non-hydrogen) atoms. The fraction of sp³-hybridized carbons (Fsp3) is 0.722.